The molecule has 18 heavy (non-hydrogen) atoms. The van der Waals surface area contributed by atoms with Gasteiger partial charge in [-0.3, -0.25) is 9.78 Å². The van der Waals surface area contributed by atoms with Crippen LogP contribution in [0.3, 0.4) is 0 Å². The average Bonchev–Trinajstić information content (AvgIpc) is 2.40. The molecule has 4 nitrogen and oxygen atoms in total. The summed E-state index contributed by atoms with van der Waals surface area (Å²) in [4.78, 5) is 15.4. The normalized spacial score (nSPS) is 10.5. The Hall–Kier alpha value is -2.56. The molecule has 1 aromatic carbocycles. The van der Waals surface area contributed by atoms with Gasteiger partial charge in [0.2, 0.25) is 0 Å². The van der Waals surface area contributed by atoms with Crippen molar-refractivity contribution in [1.82, 2.24) is 10.4 Å². The van der Waals surface area contributed by atoms with E-state index < -0.39 is 0 Å². The van der Waals surface area contributed by atoms with Crippen LogP contribution in [0.25, 0.3) is 0 Å². The van der Waals surface area contributed by atoms with Crippen LogP contribution in [0.15, 0.2) is 53.9 Å². The molecule has 0 saturated carbocycles. The van der Waals surface area contributed by atoms with Crippen LogP contribution in [0, 0.1) is 5.82 Å². The molecular formula is C13H10FN3O. The second-order valence-corrected chi connectivity index (χ2v) is 3.50. The summed E-state index contributed by atoms with van der Waals surface area (Å²) in [6.45, 7) is 0. The van der Waals surface area contributed by atoms with E-state index in [1.807, 2.05) is 0 Å². The summed E-state index contributed by atoms with van der Waals surface area (Å²) in [5.74, 6) is -0.715. The van der Waals surface area contributed by atoms with Gasteiger partial charge in [0.05, 0.1) is 11.8 Å². The highest BCUT2D eigenvalue weighted by atomic mass is 19.1. The number of aromatic nitrogens is 1. The van der Waals surface area contributed by atoms with Crippen molar-refractivity contribution in [3.8, 4) is 0 Å². The Morgan fingerprint density at radius 3 is 2.94 bits per heavy atom. The number of halogens is 1. The SMILES string of the molecule is O=C(N/N=C/c1cccc(F)c1)c1cccnc1. The summed E-state index contributed by atoms with van der Waals surface area (Å²) in [6.07, 6.45) is 4.39. The number of hydrogen-bond donors (Lipinski definition) is 1. The molecule has 1 heterocycles. The summed E-state index contributed by atoms with van der Waals surface area (Å²) >= 11 is 0. The molecule has 0 radical (unpaired) electrons. The molecule has 1 aromatic heterocycles. The van der Waals surface area contributed by atoms with Crippen molar-refractivity contribution >= 4 is 12.1 Å². The number of amides is 1. The topological polar surface area (TPSA) is 54.4 Å². The van der Waals surface area contributed by atoms with E-state index in [0.717, 1.165) is 0 Å². The van der Waals surface area contributed by atoms with E-state index in [-0.39, 0.29) is 11.7 Å². The summed E-state index contributed by atoms with van der Waals surface area (Å²) in [5.41, 5.74) is 3.32. The third kappa shape index (κ3) is 3.21. The van der Waals surface area contributed by atoms with Gasteiger partial charge < -0.3 is 0 Å². The highest BCUT2D eigenvalue weighted by molar-refractivity contribution is 5.94. The lowest BCUT2D eigenvalue weighted by Gasteiger charge is -1.98. The van der Waals surface area contributed by atoms with Gasteiger partial charge in [-0.2, -0.15) is 5.10 Å². The molecule has 0 aliphatic heterocycles. The summed E-state index contributed by atoms with van der Waals surface area (Å²) in [5, 5.41) is 3.74. The van der Waals surface area contributed by atoms with Crippen molar-refractivity contribution < 1.29 is 9.18 Å². The minimum Gasteiger partial charge on any atom is -0.267 e. The fourth-order valence-corrected chi connectivity index (χ4v) is 1.31. The van der Waals surface area contributed by atoms with E-state index >= 15 is 0 Å². The van der Waals surface area contributed by atoms with Crippen molar-refractivity contribution in [3.63, 3.8) is 0 Å². The molecule has 1 amide bonds. The second kappa shape index (κ2) is 5.67. The molecule has 0 aliphatic rings. The zero-order valence-electron chi connectivity index (χ0n) is 9.38. The lowest BCUT2D eigenvalue weighted by molar-refractivity contribution is 0.0955. The summed E-state index contributed by atoms with van der Waals surface area (Å²) in [7, 11) is 0. The van der Waals surface area contributed by atoms with Crippen molar-refractivity contribution in [2.75, 3.05) is 0 Å². The van der Waals surface area contributed by atoms with Gasteiger partial charge in [0.15, 0.2) is 0 Å². The van der Waals surface area contributed by atoms with Crippen LogP contribution < -0.4 is 5.43 Å². The molecule has 0 saturated heterocycles. The molecule has 90 valence electrons. The average molecular weight is 243 g/mol. The quantitative estimate of drug-likeness (QED) is 0.662. The molecule has 0 bridgehead atoms. The van der Waals surface area contributed by atoms with Crippen LogP contribution in [0.2, 0.25) is 0 Å². The number of carbonyl (C=O) groups excluding carboxylic acids is 1. The highest BCUT2D eigenvalue weighted by Crippen LogP contribution is 2.00. The molecule has 0 aliphatic carbocycles. The number of carbonyl (C=O) groups is 1. The molecule has 0 unspecified atom stereocenters. The van der Waals surface area contributed by atoms with Crippen molar-refractivity contribution in [3.05, 3.63) is 65.7 Å². The maximum atomic E-state index is 12.9. The van der Waals surface area contributed by atoms with Gasteiger partial charge >= 0.3 is 0 Å². The lowest BCUT2D eigenvalue weighted by Crippen LogP contribution is -2.17. The Morgan fingerprint density at radius 2 is 2.22 bits per heavy atom. The van der Waals surface area contributed by atoms with E-state index in [0.29, 0.717) is 11.1 Å². The maximum Gasteiger partial charge on any atom is 0.272 e. The third-order valence-electron chi connectivity index (χ3n) is 2.15. The maximum absolute atomic E-state index is 12.9. The number of nitrogens with zero attached hydrogens (tertiary/aromatic N) is 2. The van der Waals surface area contributed by atoms with Gasteiger partial charge in [0.1, 0.15) is 5.82 Å². The monoisotopic (exact) mass is 243 g/mol. The molecule has 0 spiro atoms. The number of hydrazone groups is 1. The lowest BCUT2D eigenvalue weighted by atomic mass is 10.2. The van der Waals surface area contributed by atoms with E-state index in [9.17, 15) is 9.18 Å². The molecule has 5 heteroatoms. The van der Waals surface area contributed by atoms with Crippen LogP contribution in [0.4, 0.5) is 4.39 Å². The van der Waals surface area contributed by atoms with Gasteiger partial charge in [0, 0.05) is 12.4 Å². The van der Waals surface area contributed by atoms with Gasteiger partial charge in [-0.15, -0.1) is 0 Å². The van der Waals surface area contributed by atoms with Crippen LogP contribution in [0.1, 0.15) is 15.9 Å². The Kier molecular flexibility index (Phi) is 3.76. The largest absolute Gasteiger partial charge is 0.272 e. The molecule has 1 N–H and O–H groups in total. The van der Waals surface area contributed by atoms with Crippen molar-refractivity contribution in [2.45, 2.75) is 0 Å². The van der Waals surface area contributed by atoms with Gasteiger partial charge in [-0.05, 0) is 29.8 Å². The predicted octanol–water partition coefficient (Wildman–Crippen LogP) is 1.98. The first-order valence-electron chi connectivity index (χ1n) is 5.25. The molecule has 2 aromatic rings. The Bertz CT molecular complexity index is 569. The van der Waals surface area contributed by atoms with Crippen LogP contribution in [0.5, 0.6) is 0 Å². The number of pyridine rings is 1. The zero-order chi connectivity index (χ0) is 12.8. The number of nitrogens with one attached hydrogen (secondary N) is 1. The summed E-state index contributed by atoms with van der Waals surface area (Å²) < 4.78 is 12.9. The van der Waals surface area contributed by atoms with Crippen LogP contribution in [-0.4, -0.2) is 17.1 Å². The van der Waals surface area contributed by atoms with E-state index in [1.54, 1.807) is 30.5 Å². The van der Waals surface area contributed by atoms with E-state index in [2.05, 4.69) is 15.5 Å². The Labute approximate surface area is 103 Å². The number of hydrogen-bond acceptors (Lipinski definition) is 3. The smallest absolute Gasteiger partial charge is 0.267 e. The minimum absolute atomic E-state index is 0.350. The first kappa shape index (κ1) is 11.9. The number of benzene rings is 1. The molecule has 0 atom stereocenters. The molecule has 0 fully saturated rings. The minimum atomic E-state index is -0.365. The summed E-state index contributed by atoms with van der Waals surface area (Å²) in [6, 6.07) is 9.19. The zero-order valence-corrected chi connectivity index (χ0v) is 9.38. The fraction of sp³-hybridized carbons (Fsp3) is 0. The molecular weight excluding hydrogens is 233 g/mol. The van der Waals surface area contributed by atoms with E-state index in [4.69, 9.17) is 0 Å². The van der Waals surface area contributed by atoms with Gasteiger partial charge in [-0.25, -0.2) is 9.82 Å². The number of rotatable bonds is 3. The second-order valence-electron chi connectivity index (χ2n) is 3.50. The molecule has 2 rings (SSSR count). The van der Waals surface area contributed by atoms with Gasteiger partial charge in [-0.1, -0.05) is 12.1 Å². The Balaban J connectivity index is 1.98. The van der Waals surface area contributed by atoms with Crippen LogP contribution in [-0.2, 0) is 0 Å². The Morgan fingerprint density at radius 1 is 1.33 bits per heavy atom. The fourth-order valence-electron chi connectivity index (χ4n) is 1.31. The predicted molar refractivity (Wildman–Crippen MR) is 65.7 cm³/mol. The highest BCUT2D eigenvalue weighted by Gasteiger charge is 2.02. The standard InChI is InChI=1S/C13H10FN3O/c14-12-5-1-3-10(7-12)8-16-17-13(18)11-4-2-6-15-9-11/h1-9H,(H,17,18)/b16-8+. The third-order valence-corrected chi connectivity index (χ3v) is 2.15. The first-order chi connectivity index (χ1) is 8.75. The first-order valence-corrected chi connectivity index (χ1v) is 5.25. The van der Waals surface area contributed by atoms with E-state index in [1.165, 1.54) is 24.5 Å². The van der Waals surface area contributed by atoms with Crippen molar-refractivity contribution in [2.24, 2.45) is 5.10 Å². The van der Waals surface area contributed by atoms with Crippen molar-refractivity contribution in [1.29, 1.82) is 0 Å². The van der Waals surface area contributed by atoms with Crippen LogP contribution >= 0.6 is 0 Å². The van der Waals surface area contributed by atoms with Gasteiger partial charge in [0.25, 0.3) is 5.91 Å².